The molecular weight excluding hydrogens is 320 g/mol. The third kappa shape index (κ3) is 3.39. The van der Waals surface area contributed by atoms with Crippen molar-refractivity contribution >= 4 is 18.0 Å². The predicted octanol–water partition coefficient (Wildman–Crippen LogP) is 0.128. The number of rotatable bonds is 5. The van der Waals surface area contributed by atoms with Crippen LogP contribution in [0.15, 0.2) is 0 Å². The van der Waals surface area contributed by atoms with Gasteiger partial charge < -0.3 is 15.3 Å². The molecule has 0 spiro atoms. The monoisotopic (exact) mass is 342 g/mol. The largest absolute Gasteiger partial charge is 0.465 e. The summed E-state index contributed by atoms with van der Waals surface area (Å²) >= 11 is 0. The molecule has 4 N–H and O–H groups in total. The zero-order valence-corrected chi connectivity index (χ0v) is 13.2. The maximum Gasteiger partial charge on any atom is 0.404 e. The first-order valence-corrected chi connectivity index (χ1v) is 8.16. The van der Waals surface area contributed by atoms with Crippen LogP contribution in [0.5, 0.6) is 0 Å². The molecule has 10 heteroatoms. The molecule has 0 radical (unpaired) electrons. The minimum atomic E-state index is -1.04. The summed E-state index contributed by atoms with van der Waals surface area (Å²) in [6.07, 6.45) is 2.09. The second-order valence-corrected chi connectivity index (χ2v) is 6.60. The standard InChI is InChI=1S/C14H22N4O6/c19-12(11-4-2-9-7-17(11)14(22)18(9)23)16-24-10-3-1-8(5-10)6-15-13(20)21/h8-11,15,23H,1-7H2,(H,16,19)(H,20,21)/t8?,9-,10?,11+/m1/s1. The Morgan fingerprint density at radius 2 is 2.04 bits per heavy atom. The SMILES string of the molecule is O=C(O)NCC1CCC(ONC(=O)[C@@H]2CC[C@@H]3CN2C(=O)N3O)C1. The van der Waals surface area contributed by atoms with Crippen molar-refractivity contribution in [2.75, 3.05) is 13.1 Å². The summed E-state index contributed by atoms with van der Waals surface area (Å²) in [5.74, 6) is -0.189. The van der Waals surface area contributed by atoms with Gasteiger partial charge in [0.2, 0.25) is 0 Å². The molecule has 10 nitrogen and oxygen atoms in total. The van der Waals surface area contributed by atoms with Gasteiger partial charge in [0.25, 0.3) is 5.91 Å². The minimum absolute atomic E-state index is 0.158. The maximum absolute atomic E-state index is 12.3. The fourth-order valence-corrected chi connectivity index (χ4v) is 3.69. The highest BCUT2D eigenvalue weighted by molar-refractivity contribution is 5.87. The molecule has 0 aromatic rings. The van der Waals surface area contributed by atoms with Crippen molar-refractivity contribution in [2.24, 2.45) is 5.92 Å². The Balaban J connectivity index is 1.43. The molecule has 1 aliphatic carbocycles. The molecule has 4 amide bonds. The summed E-state index contributed by atoms with van der Waals surface area (Å²) in [7, 11) is 0. The van der Waals surface area contributed by atoms with Crippen LogP contribution in [-0.4, -0.2) is 69.6 Å². The predicted molar refractivity (Wildman–Crippen MR) is 78.9 cm³/mol. The van der Waals surface area contributed by atoms with Gasteiger partial charge in [0.1, 0.15) is 6.04 Å². The Morgan fingerprint density at radius 3 is 2.79 bits per heavy atom. The van der Waals surface area contributed by atoms with Crippen LogP contribution >= 0.6 is 0 Å². The van der Waals surface area contributed by atoms with Crippen molar-refractivity contribution in [3.63, 3.8) is 0 Å². The summed E-state index contributed by atoms with van der Waals surface area (Å²) in [5, 5.41) is 21.3. The van der Waals surface area contributed by atoms with Crippen LogP contribution in [-0.2, 0) is 9.63 Å². The van der Waals surface area contributed by atoms with E-state index in [4.69, 9.17) is 9.94 Å². The second kappa shape index (κ2) is 6.81. The highest BCUT2D eigenvalue weighted by atomic mass is 16.7. The van der Waals surface area contributed by atoms with Crippen molar-refractivity contribution in [2.45, 2.75) is 50.3 Å². The van der Waals surface area contributed by atoms with Gasteiger partial charge in [0, 0.05) is 13.1 Å². The summed E-state index contributed by atoms with van der Waals surface area (Å²) < 4.78 is 0. The maximum atomic E-state index is 12.3. The molecule has 2 heterocycles. The highest BCUT2D eigenvalue weighted by Crippen LogP contribution is 2.29. The first-order valence-electron chi connectivity index (χ1n) is 8.16. The lowest BCUT2D eigenvalue weighted by molar-refractivity contribution is -0.143. The van der Waals surface area contributed by atoms with Gasteiger partial charge in [0.05, 0.1) is 12.1 Å². The number of fused-ring (bicyclic) bond motifs is 2. The average Bonchev–Trinajstić information content (AvgIpc) is 3.11. The summed E-state index contributed by atoms with van der Waals surface area (Å²) in [6.45, 7) is 0.724. The Hall–Kier alpha value is -2.07. The third-order valence-corrected chi connectivity index (χ3v) is 5.01. The van der Waals surface area contributed by atoms with Crippen LogP contribution in [0.3, 0.4) is 0 Å². The molecule has 2 aliphatic heterocycles. The fourth-order valence-electron chi connectivity index (χ4n) is 3.69. The van der Waals surface area contributed by atoms with E-state index in [1.807, 2.05) is 0 Å². The van der Waals surface area contributed by atoms with Gasteiger partial charge in [-0.1, -0.05) is 0 Å². The summed E-state index contributed by atoms with van der Waals surface area (Å²) in [4.78, 5) is 41.4. The van der Waals surface area contributed by atoms with E-state index in [9.17, 15) is 19.6 Å². The number of hydroxylamine groups is 3. The first kappa shape index (κ1) is 16.8. The lowest BCUT2D eigenvalue weighted by Gasteiger charge is -2.29. The van der Waals surface area contributed by atoms with Gasteiger partial charge in [-0.2, -0.15) is 0 Å². The molecule has 2 saturated heterocycles. The Bertz CT molecular complexity index is 529. The molecule has 3 rings (SSSR count). The van der Waals surface area contributed by atoms with E-state index in [0.717, 1.165) is 12.8 Å². The van der Waals surface area contributed by atoms with Gasteiger partial charge >= 0.3 is 12.1 Å². The number of piperidine rings is 1. The zero-order valence-electron chi connectivity index (χ0n) is 13.2. The van der Waals surface area contributed by atoms with Crippen LogP contribution in [0.1, 0.15) is 32.1 Å². The quantitative estimate of drug-likeness (QED) is 0.415. The molecule has 2 unspecified atom stereocenters. The topological polar surface area (TPSA) is 131 Å². The van der Waals surface area contributed by atoms with E-state index in [0.29, 0.717) is 37.4 Å². The molecule has 4 atom stereocenters. The number of hydrogen-bond acceptors (Lipinski definition) is 5. The number of nitrogens with zero attached hydrogens (tertiary/aromatic N) is 2. The van der Waals surface area contributed by atoms with E-state index in [1.165, 1.54) is 4.90 Å². The van der Waals surface area contributed by atoms with E-state index in [1.54, 1.807) is 0 Å². The average molecular weight is 342 g/mol. The van der Waals surface area contributed by atoms with E-state index in [-0.39, 0.29) is 24.0 Å². The molecular formula is C14H22N4O6. The molecule has 1 saturated carbocycles. The van der Waals surface area contributed by atoms with E-state index < -0.39 is 18.2 Å². The van der Waals surface area contributed by atoms with Gasteiger partial charge in [0.15, 0.2) is 0 Å². The second-order valence-electron chi connectivity index (χ2n) is 6.60. The third-order valence-electron chi connectivity index (χ3n) is 5.01. The molecule has 0 aromatic carbocycles. The molecule has 24 heavy (non-hydrogen) atoms. The van der Waals surface area contributed by atoms with Crippen LogP contribution in [0.2, 0.25) is 0 Å². The Morgan fingerprint density at radius 1 is 1.25 bits per heavy atom. The molecule has 2 bridgehead atoms. The van der Waals surface area contributed by atoms with E-state index in [2.05, 4.69) is 10.8 Å². The minimum Gasteiger partial charge on any atom is -0.465 e. The van der Waals surface area contributed by atoms with Crippen molar-refractivity contribution in [1.82, 2.24) is 20.8 Å². The van der Waals surface area contributed by atoms with Gasteiger partial charge in [-0.15, -0.1) is 0 Å². The number of carbonyl (C=O) groups is 3. The number of carboxylic acid groups (broad SMARTS) is 1. The van der Waals surface area contributed by atoms with Gasteiger partial charge in [-0.25, -0.2) is 20.1 Å². The number of carbonyl (C=O) groups excluding carboxylic acids is 2. The lowest BCUT2D eigenvalue weighted by atomic mass is 10.0. The molecule has 3 fully saturated rings. The summed E-state index contributed by atoms with van der Waals surface area (Å²) in [6, 6.07) is -1.41. The van der Waals surface area contributed by atoms with Crippen molar-refractivity contribution < 1.29 is 29.5 Å². The first-order chi connectivity index (χ1) is 11.5. The molecule has 0 aromatic heterocycles. The zero-order chi connectivity index (χ0) is 17.3. The molecule has 134 valence electrons. The number of amides is 4. The highest BCUT2D eigenvalue weighted by Gasteiger charge is 2.47. The van der Waals surface area contributed by atoms with Crippen molar-refractivity contribution in [1.29, 1.82) is 0 Å². The van der Waals surface area contributed by atoms with Gasteiger partial charge in [-0.05, 0) is 38.0 Å². The fraction of sp³-hybridized carbons (Fsp3) is 0.786. The number of nitrogens with one attached hydrogen (secondary N) is 2. The smallest absolute Gasteiger partial charge is 0.404 e. The number of urea groups is 1. The van der Waals surface area contributed by atoms with E-state index >= 15 is 0 Å². The normalized spacial score (nSPS) is 32.1. The van der Waals surface area contributed by atoms with Crippen LogP contribution < -0.4 is 10.8 Å². The van der Waals surface area contributed by atoms with Gasteiger partial charge in [-0.3, -0.25) is 14.8 Å². The molecule has 3 aliphatic rings. The van der Waals surface area contributed by atoms with Crippen LogP contribution in [0, 0.1) is 5.92 Å². The van der Waals surface area contributed by atoms with Crippen LogP contribution in [0.4, 0.5) is 9.59 Å². The summed E-state index contributed by atoms with van der Waals surface area (Å²) in [5.41, 5.74) is 2.43. The van der Waals surface area contributed by atoms with Crippen molar-refractivity contribution in [3.8, 4) is 0 Å². The Labute approximate surface area is 138 Å². The number of hydrogen-bond donors (Lipinski definition) is 4. The lowest BCUT2D eigenvalue weighted by Crippen LogP contribution is -2.50. The van der Waals surface area contributed by atoms with Crippen LogP contribution in [0.25, 0.3) is 0 Å². The van der Waals surface area contributed by atoms with Crippen molar-refractivity contribution in [3.05, 3.63) is 0 Å². The Kier molecular flexibility index (Phi) is 4.76.